The lowest BCUT2D eigenvalue weighted by Gasteiger charge is -2.15. The molecule has 0 amide bonds. The quantitative estimate of drug-likeness (QED) is 0.931. The average Bonchev–Trinajstić information content (AvgIpc) is 2.26. The minimum atomic E-state index is -5.57. The number of carbonyl (C=O) groups is 1. The van der Waals surface area contributed by atoms with E-state index in [9.17, 15) is 26.4 Å². The van der Waals surface area contributed by atoms with E-state index >= 15 is 0 Å². The topological polar surface area (TPSA) is 71.4 Å². The first kappa shape index (κ1) is 15.5. The highest BCUT2D eigenvalue weighted by molar-refractivity contribution is 7.92. The molecule has 0 radical (unpaired) electrons. The fraction of sp³-hybridized carbons (Fsp3) is 0.364. The van der Waals surface area contributed by atoms with E-state index in [0.29, 0.717) is 6.07 Å². The Kier molecular flexibility index (Phi) is 3.94. The minimum Gasteiger partial charge on any atom is -0.478 e. The molecule has 0 aliphatic carbocycles. The van der Waals surface area contributed by atoms with Crippen molar-refractivity contribution in [1.82, 2.24) is 0 Å². The van der Waals surface area contributed by atoms with Crippen LogP contribution in [0.3, 0.4) is 0 Å². The zero-order chi connectivity index (χ0) is 15.0. The fourth-order valence-electron chi connectivity index (χ4n) is 1.50. The molecule has 1 aromatic carbocycles. The van der Waals surface area contributed by atoms with Gasteiger partial charge in [-0.1, -0.05) is 19.9 Å². The molecule has 0 aromatic heterocycles. The molecular weight excluding hydrogens is 285 g/mol. The van der Waals surface area contributed by atoms with Crippen molar-refractivity contribution >= 4 is 15.8 Å². The molecule has 0 atom stereocenters. The highest BCUT2D eigenvalue weighted by atomic mass is 32.2. The number of hydrogen-bond acceptors (Lipinski definition) is 3. The van der Waals surface area contributed by atoms with Crippen LogP contribution < -0.4 is 0 Å². The Morgan fingerprint density at radius 3 is 2.16 bits per heavy atom. The normalized spacial score (nSPS) is 12.7. The van der Waals surface area contributed by atoms with Crippen molar-refractivity contribution in [2.45, 2.75) is 30.2 Å². The van der Waals surface area contributed by atoms with Crippen LogP contribution in [0.5, 0.6) is 0 Å². The molecule has 8 heteroatoms. The lowest BCUT2D eigenvalue weighted by molar-refractivity contribution is -0.0436. The Bertz CT molecular complexity index is 603. The molecule has 4 nitrogen and oxygen atoms in total. The van der Waals surface area contributed by atoms with Gasteiger partial charge in [-0.3, -0.25) is 0 Å². The molecule has 0 aliphatic heterocycles. The van der Waals surface area contributed by atoms with Gasteiger partial charge in [-0.05, 0) is 23.6 Å². The van der Waals surface area contributed by atoms with Crippen molar-refractivity contribution in [3.8, 4) is 0 Å². The summed E-state index contributed by atoms with van der Waals surface area (Å²) in [6, 6.07) is 2.71. The molecule has 1 aromatic rings. The molecule has 0 fully saturated rings. The van der Waals surface area contributed by atoms with Crippen LogP contribution in [-0.4, -0.2) is 25.0 Å². The van der Waals surface area contributed by atoms with E-state index < -0.39 is 37.7 Å². The summed E-state index contributed by atoms with van der Waals surface area (Å²) in [7, 11) is -5.57. The number of halogens is 3. The fourth-order valence-corrected chi connectivity index (χ4v) is 2.65. The first-order valence-corrected chi connectivity index (χ1v) is 6.65. The van der Waals surface area contributed by atoms with Gasteiger partial charge < -0.3 is 5.11 Å². The second-order valence-corrected chi connectivity index (χ2v) is 6.07. The standard InChI is InChI=1S/C11H11F3O4S/c1-6(2)8-4-3-7(10(15)16)5-9(8)19(17,18)11(12,13)14/h3-6H,1-2H3,(H,15,16). The van der Waals surface area contributed by atoms with Crippen molar-refractivity contribution in [3.05, 3.63) is 29.3 Å². The van der Waals surface area contributed by atoms with Gasteiger partial charge in [-0.2, -0.15) is 13.2 Å². The molecule has 0 saturated heterocycles. The third kappa shape index (κ3) is 2.89. The number of alkyl halides is 3. The summed E-state index contributed by atoms with van der Waals surface area (Å²) in [5.74, 6) is -1.98. The van der Waals surface area contributed by atoms with Gasteiger partial charge in [0, 0.05) is 0 Å². The van der Waals surface area contributed by atoms with E-state index in [1.165, 1.54) is 13.8 Å². The molecule has 1 N–H and O–H groups in total. The van der Waals surface area contributed by atoms with Crippen LogP contribution in [-0.2, 0) is 9.84 Å². The zero-order valence-corrected chi connectivity index (χ0v) is 10.8. The van der Waals surface area contributed by atoms with Crippen molar-refractivity contribution in [2.24, 2.45) is 0 Å². The van der Waals surface area contributed by atoms with E-state index in [2.05, 4.69) is 0 Å². The maximum absolute atomic E-state index is 12.6. The molecule has 0 aliphatic rings. The van der Waals surface area contributed by atoms with Crippen molar-refractivity contribution in [2.75, 3.05) is 0 Å². The SMILES string of the molecule is CC(C)c1ccc(C(=O)O)cc1S(=O)(=O)C(F)(F)F. The summed E-state index contributed by atoms with van der Waals surface area (Å²) in [4.78, 5) is 9.73. The maximum atomic E-state index is 12.6. The lowest BCUT2D eigenvalue weighted by Crippen LogP contribution is -2.25. The number of carboxylic acid groups (broad SMARTS) is 1. The summed E-state index contributed by atoms with van der Waals surface area (Å²) in [5, 5.41) is 8.73. The monoisotopic (exact) mass is 296 g/mol. The number of rotatable bonds is 3. The summed E-state index contributed by atoms with van der Waals surface area (Å²) < 4.78 is 60.6. The number of sulfone groups is 1. The van der Waals surface area contributed by atoms with Crippen LogP contribution in [0.1, 0.15) is 35.7 Å². The number of carboxylic acids is 1. The Morgan fingerprint density at radius 1 is 1.26 bits per heavy atom. The van der Waals surface area contributed by atoms with E-state index in [4.69, 9.17) is 5.11 Å². The summed E-state index contributed by atoms with van der Waals surface area (Å²) in [5.41, 5.74) is -6.04. The third-order valence-electron chi connectivity index (χ3n) is 2.48. The second-order valence-electron chi connectivity index (χ2n) is 4.16. The molecule has 1 rings (SSSR count). The van der Waals surface area contributed by atoms with Gasteiger partial charge in [0.15, 0.2) is 0 Å². The molecule has 0 bridgehead atoms. The first-order valence-electron chi connectivity index (χ1n) is 5.17. The van der Waals surface area contributed by atoms with E-state index in [1.54, 1.807) is 0 Å². The Labute approximate surface area is 107 Å². The smallest absolute Gasteiger partial charge is 0.478 e. The van der Waals surface area contributed by atoms with Gasteiger partial charge in [0.1, 0.15) is 0 Å². The minimum absolute atomic E-state index is 0.0673. The van der Waals surface area contributed by atoms with E-state index in [1.807, 2.05) is 0 Å². The van der Waals surface area contributed by atoms with Gasteiger partial charge in [0.25, 0.3) is 9.84 Å². The van der Waals surface area contributed by atoms with Gasteiger partial charge in [0.2, 0.25) is 0 Å². The van der Waals surface area contributed by atoms with Gasteiger partial charge in [-0.15, -0.1) is 0 Å². The lowest BCUT2D eigenvalue weighted by atomic mass is 10.0. The summed E-state index contributed by atoms with van der Waals surface area (Å²) in [6.07, 6.45) is 0. The van der Waals surface area contributed by atoms with Crippen molar-refractivity contribution in [3.63, 3.8) is 0 Å². The molecule has 19 heavy (non-hydrogen) atoms. The highest BCUT2D eigenvalue weighted by Gasteiger charge is 2.48. The number of hydrogen-bond donors (Lipinski definition) is 1. The van der Waals surface area contributed by atoms with Crippen LogP contribution in [0.2, 0.25) is 0 Å². The van der Waals surface area contributed by atoms with Crippen molar-refractivity contribution < 1.29 is 31.5 Å². The molecular formula is C11H11F3O4S. The third-order valence-corrected chi connectivity index (χ3v) is 4.02. The first-order chi connectivity index (χ1) is 8.48. The van der Waals surface area contributed by atoms with Crippen LogP contribution in [0.15, 0.2) is 23.1 Å². The number of benzene rings is 1. The average molecular weight is 296 g/mol. The summed E-state index contributed by atoms with van der Waals surface area (Å²) in [6.45, 7) is 3.04. The van der Waals surface area contributed by atoms with Crippen LogP contribution in [0.25, 0.3) is 0 Å². The van der Waals surface area contributed by atoms with Crippen molar-refractivity contribution in [1.29, 1.82) is 0 Å². The molecule has 0 unspecified atom stereocenters. The van der Waals surface area contributed by atoms with Gasteiger partial charge in [-0.25, -0.2) is 13.2 Å². The van der Waals surface area contributed by atoms with E-state index in [0.717, 1.165) is 12.1 Å². The largest absolute Gasteiger partial charge is 0.501 e. The summed E-state index contributed by atoms with van der Waals surface area (Å²) >= 11 is 0. The van der Waals surface area contributed by atoms with E-state index in [-0.39, 0.29) is 5.56 Å². The molecule has 0 heterocycles. The predicted octanol–water partition coefficient (Wildman–Crippen LogP) is 2.80. The van der Waals surface area contributed by atoms with Gasteiger partial charge >= 0.3 is 11.5 Å². The van der Waals surface area contributed by atoms with Gasteiger partial charge in [0.05, 0.1) is 10.5 Å². The number of aromatic carboxylic acids is 1. The Morgan fingerprint density at radius 2 is 1.79 bits per heavy atom. The molecule has 0 saturated carbocycles. The Balaban J connectivity index is 3.64. The van der Waals surface area contributed by atoms with Crippen LogP contribution in [0, 0.1) is 0 Å². The zero-order valence-electron chi connectivity index (χ0n) is 10.0. The second kappa shape index (κ2) is 4.84. The molecule has 0 spiro atoms. The van der Waals surface area contributed by atoms with Crippen LogP contribution >= 0.6 is 0 Å². The maximum Gasteiger partial charge on any atom is 0.501 e. The Hall–Kier alpha value is -1.57. The highest BCUT2D eigenvalue weighted by Crippen LogP contribution is 2.35. The van der Waals surface area contributed by atoms with Crippen LogP contribution in [0.4, 0.5) is 13.2 Å². The molecule has 106 valence electrons. The predicted molar refractivity (Wildman–Crippen MR) is 60.7 cm³/mol.